The number of nitrogens with zero attached hydrogens (tertiary/aromatic N) is 5. The van der Waals surface area contributed by atoms with Gasteiger partial charge in [-0.25, -0.2) is 8.78 Å². The Hall–Kier alpha value is -3.37. The van der Waals surface area contributed by atoms with Crippen LogP contribution in [-0.4, -0.2) is 37.3 Å². The highest BCUT2D eigenvalue weighted by Crippen LogP contribution is 2.38. The Kier molecular flexibility index (Phi) is 7.34. The van der Waals surface area contributed by atoms with E-state index in [9.17, 15) is 18.7 Å². The summed E-state index contributed by atoms with van der Waals surface area (Å²) < 4.78 is 35.9. The maximum absolute atomic E-state index is 14.0. The summed E-state index contributed by atoms with van der Waals surface area (Å²) in [5, 5.41) is 14.2. The number of aliphatic hydroxyl groups is 1. The van der Waals surface area contributed by atoms with Gasteiger partial charge in [-0.05, 0) is 39.3 Å². The first kappa shape index (κ1) is 26.7. The van der Waals surface area contributed by atoms with Crippen molar-refractivity contribution in [1.82, 2.24) is 19.3 Å². The summed E-state index contributed by atoms with van der Waals surface area (Å²) in [5.74, 6) is -1.81. The van der Waals surface area contributed by atoms with E-state index in [1.54, 1.807) is 30.1 Å². The Labute approximate surface area is 217 Å². The van der Waals surface area contributed by atoms with E-state index in [1.165, 1.54) is 4.57 Å². The number of aromatic nitrogens is 4. The van der Waals surface area contributed by atoms with Crippen molar-refractivity contribution in [2.24, 2.45) is 10.9 Å². The highest BCUT2D eigenvalue weighted by molar-refractivity contribution is 6.31. The summed E-state index contributed by atoms with van der Waals surface area (Å²) in [6, 6.07) is 3.80. The molecule has 3 aromatic heterocycles. The van der Waals surface area contributed by atoms with Crippen molar-refractivity contribution in [1.29, 1.82) is 0 Å². The molecule has 1 aliphatic rings. The molecule has 0 radical (unpaired) electrons. The average molecular weight is 532 g/mol. The molecule has 0 bridgehead atoms. The zero-order chi connectivity index (χ0) is 27.1. The monoisotopic (exact) mass is 531 g/mol. The highest BCUT2D eigenvalue weighted by atomic mass is 35.5. The van der Waals surface area contributed by atoms with Gasteiger partial charge in [0.05, 0.1) is 24.0 Å². The third-order valence-corrected chi connectivity index (χ3v) is 6.79. The molecule has 2 atom stereocenters. The largest absolute Gasteiger partial charge is 0.485 e. The number of dihydropyridines is 1. The molecule has 3 aromatic rings. The van der Waals surface area contributed by atoms with Crippen LogP contribution in [0.15, 0.2) is 46.0 Å². The molecule has 4 rings (SSSR count). The second kappa shape index (κ2) is 10.2. The summed E-state index contributed by atoms with van der Waals surface area (Å²) in [5.41, 5.74) is 1.61. The second-order valence-electron chi connectivity index (χ2n) is 9.71. The third-order valence-electron chi connectivity index (χ3n) is 6.45. The summed E-state index contributed by atoms with van der Waals surface area (Å²) in [7, 11) is 0. The first-order valence-corrected chi connectivity index (χ1v) is 12.1. The van der Waals surface area contributed by atoms with E-state index in [2.05, 4.69) is 15.1 Å². The number of rotatable bonds is 7. The molecule has 0 fully saturated rings. The molecule has 196 valence electrons. The topological polar surface area (TPSA) is 94.5 Å². The third kappa shape index (κ3) is 5.08. The van der Waals surface area contributed by atoms with Gasteiger partial charge < -0.3 is 9.84 Å². The fraction of sp³-hybridized carbons (Fsp3) is 0.385. The number of halogens is 3. The summed E-state index contributed by atoms with van der Waals surface area (Å²) in [6.45, 7) is 8.93. The maximum Gasteiger partial charge on any atom is 0.277 e. The maximum atomic E-state index is 14.0. The molecular weight excluding hydrogens is 504 g/mol. The van der Waals surface area contributed by atoms with Crippen LogP contribution in [0.25, 0.3) is 5.70 Å². The molecule has 0 spiro atoms. The van der Waals surface area contributed by atoms with Gasteiger partial charge in [-0.1, -0.05) is 18.5 Å². The molecule has 0 saturated heterocycles. The number of pyridine rings is 2. The van der Waals surface area contributed by atoms with E-state index in [4.69, 9.17) is 16.3 Å². The molecule has 1 aliphatic heterocycles. The molecule has 37 heavy (non-hydrogen) atoms. The minimum absolute atomic E-state index is 0.0721. The van der Waals surface area contributed by atoms with Crippen LogP contribution in [0.2, 0.25) is 5.02 Å². The van der Waals surface area contributed by atoms with Crippen LogP contribution in [0.1, 0.15) is 50.8 Å². The van der Waals surface area contributed by atoms with Gasteiger partial charge in [0.15, 0.2) is 5.82 Å². The van der Waals surface area contributed by atoms with Gasteiger partial charge in [0.2, 0.25) is 0 Å². The van der Waals surface area contributed by atoms with Crippen LogP contribution in [0.3, 0.4) is 0 Å². The predicted octanol–water partition coefficient (Wildman–Crippen LogP) is 4.68. The second-order valence-corrected chi connectivity index (χ2v) is 10.1. The minimum Gasteiger partial charge on any atom is -0.485 e. The van der Waals surface area contributed by atoms with Crippen LogP contribution >= 0.6 is 11.6 Å². The van der Waals surface area contributed by atoms with Crippen LogP contribution in [0.4, 0.5) is 8.78 Å². The van der Waals surface area contributed by atoms with Crippen molar-refractivity contribution in [2.45, 2.75) is 52.8 Å². The van der Waals surface area contributed by atoms with Crippen molar-refractivity contribution in [3.05, 3.63) is 80.3 Å². The Morgan fingerprint density at radius 1 is 1.24 bits per heavy atom. The molecule has 0 amide bonds. The van der Waals surface area contributed by atoms with Gasteiger partial charge in [-0.2, -0.15) is 5.10 Å². The SMILES string of the molecule is CC1=C(n2c(C)cc(OCc3ncc(F)cc3F)c(Cl)c2=O)C(C)C(c2ccn(C(C)(C)CO)n2)N=C1. The Bertz CT molecular complexity index is 1460. The van der Waals surface area contributed by atoms with Gasteiger partial charge in [-0.15, -0.1) is 0 Å². The van der Waals surface area contributed by atoms with Gasteiger partial charge in [0, 0.05) is 41.9 Å². The van der Waals surface area contributed by atoms with Crippen molar-refractivity contribution >= 4 is 23.5 Å². The molecule has 1 N–H and O–H groups in total. The fourth-order valence-corrected chi connectivity index (χ4v) is 4.49. The molecule has 2 unspecified atom stereocenters. The van der Waals surface area contributed by atoms with Crippen LogP contribution in [0, 0.1) is 24.5 Å². The Balaban J connectivity index is 1.66. The van der Waals surface area contributed by atoms with E-state index in [0.717, 1.165) is 17.5 Å². The van der Waals surface area contributed by atoms with Crippen molar-refractivity contribution in [3.63, 3.8) is 0 Å². The van der Waals surface area contributed by atoms with Gasteiger partial charge in [0.25, 0.3) is 5.56 Å². The van der Waals surface area contributed by atoms with Crippen molar-refractivity contribution in [3.8, 4) is 5.75 Å². The number of hydrogen-bond donors (Lipinski definition) is 1. The smallest absolute Gasteiger partial charge is 0.277 e. The molecule has 0 saturated carbocycles. The fourth-order valence-electron chi connectivity index (χ4n) is 4.29. The molecule has 0 aromatic carbocycles. The van der Waals surface area contributed by atoms with Crippen LogP contribution in [0.5, 0.6) is 5.75 Å². The lowest BCUT2D eigenvalue weighted by Gasteiger charge is -2.29. The number of aliphatic imine (C=N–C) groups is 1. The zero-order valence-corrected chi connectivity index (χ0v) is 21.9. The van der Waals surface area contributed by atoms with E-state index in [-0.39, 0.29) is 41.6 Å². The Morgan fingerprint density at radius 3 is 2.65 bits per heavy atom. The van der Waals surface area contributed by atoms with Crippen LogP contribution < -0.4 is 10.3 Å². The van der Waals surface area contributed by atoms with E-state index < -0.39 is 22.7 Å². The molecule has 8 nitrogen and oxygen atoms in total. The Morgan fingerprint density at radius 2 is 1.97 bits per heavy atom. The number of hydrogen-bond acceptors (Lipinski definition) is 6. The summed E-state index contributed by atoms with van der Waals surface area (Å²) in [4.78, 5) is 21.8. The summed E-state index contributed by atoms with van der Waals surface area (Å²) >= 11 is 6.41. The predicted molar refractivity (Wildman–Crippen MR) is 137 cm³/mol. The van der Waals surface area contributed by atoms with E-state index >= 15 is 0 Å². The number of allylic oxidation sites excluding steroid dienone is 1. The zero-order valence-electron chi connectivity index (χ0n) is 21.2. The van der Waals surface area contributed by atoms with Gasteiger partial charge in [-0.3, -0.25) is 24.0 Å². The number of aliphatic hydroxyl groups excluding tert-OH is 1. The number of aryl methyl sites for hydroxylation is 1. The van der Waals surface area contributed by atoms with E-state index in [0.29, 0.717) is 17.5 Å². The molecule has 0 aliphatic carbocycles. The van der Waals surface area contributed by atoms with Crippen molar-refractivity contribution in [2.75, 3.05) is 6.61 Å². The normalized spacial score (nSPS) is 18.0. The molecular formula is C26H28ClF2N5O3. The lowest BCUT2D eigenvalue weighted by Crippen LogP contribution is -2.32. The highest BCUT2D eigenvalue weighted by Gasteiger charge is 2.32. The lowest BCUT2D eigenvalue weighted by atomic mass is 9.90. The average Bonchev–Trinajstić information content (AvgIpc) is 3.34. The quantitative estimate of drug-likeness (QED) is 0.478. The van der Waals surface area contributed by atoms with Crippen molar-refractivity contribution < 1.29 is 18.6 Å². The number of ether oxygens (including phenoxy) is 1. The molecule has 11 heteroatoms. The summed E-state index contributed by atoms with van der Waals surface area (Å²) in [6.07, 6.45) is 4.40. The lowest BCUT2D eigenvalue weighted by molar-refractivity contribution is 0.151. The van der Waals surface area contributed by atoms with Crippen LogP contribution in [-0.2, 0) is 12.1 Å². The van der Waals surface area contributed by atoms with Gasteiger partial charge >= 0.3 is 0 Å². The van der Waals surface area contributed by atoms with E-state index in [1.807, 2.05) is 33.8 Å². The molecule has 4 heterocycles. The minimum atomic E-state index is -0.854. The standard InChI is InChI=1S/C26H28ClF2N5O3/c1-14-10-31-23(19-6-7-33(32-19)26(4,5)13-35)16(3)24(14)34-15(2)8-21(22(27)25(34)36)37-12-20-18(29)9-17(28)11-30-20/h6-11,16,23,35H,12-13H2,1-5H3. The first-order chi connectivity index (χ1) is 17.4. The first-order valence-electron chi connectivity index (χ1n) is 11.7. The van der Waals surface area contributed by atoms with Gasteiger partial charge in [0.1, 0.15) is 34.9 Å².